The van der Waals surface area contributed by atoms with E-state index in [-0.39, 0.29) is 35.8 Å². The molecule has 6 nitrogen and oxygen atoms in total. The van der Waals surface area contributed by atoms with Gasteiger partial charge in [-0.2, -0.15) is 0 Å². The Bertz CT molecular complexity index is 671. The van der Waals surface area contributed by atoms with Crippen LogP contribution >= 0.6 is 24.0 Å². The van der Waals surface area contributed by atoms with Gasteiger partial charge >= 0.3 is 0 Å². The highest BCUT2D eigenvalue weighted by Crippen LogP contribution is 2.19. The molecule has 1 heterocycles. The fraction of sp³-hybridized carbons (Fsp3) is 0.636. The summed E-state index contributed by atoms with van der Waals surface area (Å²) < 4.78 is 5.40. The molecule has 2 N–H and O–H groups in total. The van der Waals surface area contributed by atoms with Gasteiger partial charge in [-0.3, -0.25) is 9.79 Å². The molecular weight excluding hydrogens is 479 g/mol. The van der Waals surface area contributed by atoms with Gasteiger partial charge in [0.05, 0.1) is 7.11 Å². The van der Waals surface area contributed by atoms with Crippen molar-refractivity contribution >= 4 is 35.8 Å². The largest absolute Gasteiger partial charge is 0.496 e. The third-order valence-electron chi connectivity index (χ3n) is 5.13. The Labute approximate surface area is 192 Å². The van der Waals surface area contributed by atoms with E-state index in [4.69, 9.17) is 9.73 Å². The second kappa shape index (κ2) is 12.9. The molecule has 0 saturated carbocycles. The number of carbonyl (C=O) groups excluding carboxylic acids is 1. The van der Waals surface area contributed by atoms with Gasteiger partial charge in [-0.1, -0.05) is 26.0 Å². The summed E-state index contributed by atoms with van der Waals surface area (Å²) in [5.74, 6) is 2.11. The van der Waals surface area contributed by atoms with Crippen LogP contribution in [0, 0.1) is 12.8 Å². The van der Waals surface area contributed by atoms with Crippen LogP contribution in [0.5, 0.6) is 5.75 Å². The second-order valence-electron chi connectivity index (χ2n) is 7.71. The third-order valence-corrected chi connectivity index (χ3v) is 5.13. The molecule has 1 aliphatic heterocycles. The number of nitrogens with zero attached hydrogens (tertiary/aromatic N) is 2. The Kier molecular flexibility index (Phi) is 11.4. The number of aliphatic imine (C=N–C) groups is 1. The van der Waals surface area contributed by atoms with Crippen molar-refractivity contribution in [3.63, 3.8) is 0 Å². The van der Waals surface area contributed by atoms with E-state index >= 15 is 0 Å². The molecule has 2 rings (SSSR count). The number of methoxy groups -OCH3 is 1. The van der Waals surface area contributed by atoms with Gasteiger partial charge in [-0.25, -0.2) is 0 Å². The van der Waals surface area contributed by atoms with E-state index in [9.17, 15) is 4.79 Å². The Morgan fingerprint density at radius 3 is 2.59 bits per heavy atom. The molecule has 0 aliphatic carbocycles. The van der Waals surface area contributed by atoms with Crippen molar-refractivity contribution in [1.82, 2.24) is 15.5 Å². The molecule has 1 aromatic carbocycles. The molecule has 1 saturated heterocycles. The molecule has 1 amide bonds. The van der Waals surface area contributed by atoms with Gasteiger partial charge in [-0.05, 0) is 50.3 Å². The van der Waals surface area contributed by atoms with Crippen LogP contribution in [0.1, 0.15) is 44.7 Å². The number of hydrogen-bond donors (Lipinski definition) is 2. The monoisotopic (exact) mass is 516 g/mol. The summed E-state index contributed by atoms with van der Waals surface area (Å²) in [4.78, 5) is 18.9. The smallest absolute Gasteiger partial charge is 0.225 e. The van der Waals surface area contributed by atoms with E-state index in [1.807, 2.05) is 25.7 Å². The molecule has 0 unspecified atom stereocenters. The molecule has 0 radical (unpaired) electrons. The van der Waals surface area contributed by atoms with Crippen LogP contribution in [-0.4, -0.2) is 56.1 Å². The Hall–Kier alpha value is -1.51. The van der Waals surface area contributed by atoms with E-state index in [1.165, 1.54) is 5.56 Å². The molecule has 0 aromatic heterocycles. The summed E-state index contributed by atoms with van der Waals surface area (Å²) in [6.45, 7) is 11.2. The normalized spacial score (nSPS) is 15.1. The molecule has 0 bridgehead atoms. The average molecular weight is 516 g/mol. The molecule has 0 atom stereocenters. The first kappa shape index (κ1) is 25.5. The van der Waals surface area contributed by atoms with Crippen LogP contribution in [-0.2, 0) is 11.2 Å². The zero-order valence-corrected chi connectivity index (χ0v) is 20.8. The SMILES string of the molecule is CCNC(=NCCc1ccc(C)c(OC)c1)NC1CCN(C(=O)C(C)C)CC1.I. The van der Waals surface area contributed by atoms with Crippen molar-refractivity contribution in [2.45, 2.75) is 53.0 Å². The summed E-state index contributed by atoms with van der Waals surface area (Å²) >= 11 is 0. The van der Waals surface area contributed by atoms with Crippen molar-refractivity contribution in [3.05, 3.63) is 29.3 Å². The van der Waals surface area contributed by atoms with Gasteiger partial charge in [-0.15, -0.1) is 24.0 Å². The first-order valence-corrected chi connectivity index (χ1v) is 10.4. The number of amides is 1. The van der Waals surface area contributed by atoms with Gasteiger partial charge in [0.25, 0.3) is 0 Å². The number of rotatable bonds is 7. The minimum Gasteiger partial charge on any atom is -0.496 e. The predicted molar refractivity (Wildman–Crippen MR) is 130 cm³/mol. The number of carbonyl (C=O) groups is 1. The lowest BCUT2D eigenvalue weighted by atomic mass is 10.0. The van der Waals surface area contributed by atoms with Crippen LogP contribution in [0.2, 0.25) is 0 Å². The zero-order valence-electron chi connectivity index (χ0n) is 18.5. The van der Waals surface area contributed by atoms with Crippen LogP contribution in [0.15, 0.2) is 23.2 Å². The van der Waals surface area contributed by atoms with Gasteiger partial charge < -0.3 is 20.3 Å². The molecular formula is C22H37IN4O2. The van der Waals surface area contributed by atoms with Crippen molar-refractivity contribution in [3.8, 4) is 5.75 Å². The number of benzene rings is 1. The van der Waals surface area contributed by atoms with Crippen LogP contribution in [0.3, 0.4) is 0 Å². The fourth-order valence-corrected chi connectivity index (χ4v) is 3.44. The Balaban J connectivity index is 0.00000420. The van der Waals surface area contributed by atoms with Gasteiger partial charge in [0, 0.05) is 38.1 Å². The Morgan fingerprint density at radius 1 is 1.31 bits per heavy atom. The van der Waals surface area contributed by atoms with Crippen molar-refractivity contribution < 1.29 is 9.53 Å². The number of guanidine groups is 1. The van der Waals surface area contributed by atoms with Gasteiger partial charge in [0.1, 0.15) is 5.75 Å². The molecule has 164 valence electrons. The lowest BCUT2D eigenvalue weighted by Gasteiger charge is -2.34. The van der Waals surface area contributed by atoms with E-state index in [2.05, 4.69) is 35.8 Å². The topological polar surface area (TPSA) is 66.0 Å². The molecule has 0 spiro atoms. The standard InChI is InChI=1S/C22H36N4O2.HI/c1-6-23-22(24-12-9-18-8-7-17(4)20(15-18)28-5)25-19-10-13-26(14-11-19)21(27)16(2)3;/h7-8,15-16,19H,6,9-14H2,1-5H3,(H2,23,24,25);1H. The zero-order chi connectivity index (χ0) is 20.5. The second-order valence-corrected chi connectivity index (χ2v) is 7.71. The first-order valence-electron chi connectivity index (χ1n) is 10.4. The quantitative estimate of drug-likeness (QED) is 0.332. The predicted octanol–water partition coefficient (Wildman–Crippen LogP) is 3.37. The van der Waals surface area contributed by atoms with Gasteiger partial charge in [0.15, 0.2) is 5.96 Å². The molecule has 1 aromatic rings. The summed E-state index contributed by atoms with van der Waals surface area (Å²) in [6.07, 6.45) is 2.78. The number of likely N-dealkylation sites (tertiary alicyclic amines) is 1. The molecule has 29 heavy (non-hydrogen) atoms. The van der Waals surface area contributed by atoms with E-state index < -0.39 is 0 Å². The van der Waals surface area contributed by atoms with Crippen molar-refractivity contribution in [1.29, 1.82) is 0 Å². The third kappa shape index (κ3) is 8.03. The van der Waals surface area contributed by atoms with Crippen molar-refractivity contribution in [2.24, 2.45) is 10.9 Å². The number of halogens is 1. The highest BCUT2D eigenvalue weighted by molar-refractivity contribution is 14.0. The van der Waals surface area contributed by atoms with Gasteiger partial charge in [0.2, 0.25) is 5.91 Å². The van der Waals surface area contributed by atoms with Crippen LogP contribution in [0.25, 0.3) is 0 Å². The lowest BCUT2D eigenvalue weighted by molar-refractivity contribution is -0.135. The summed E-state index contributed by atoms with van der Waals surface area (Å²) in [5.41, 5.74) is 2.37. The van der Waals surface area contributed by atoms with Crippen molar-refractivity contribution in [2.75, 3.05) is 33.3 Å². The lowest BCUT2D eigenvalue weighted by Crippen LogP contribution is -2.50. The summed E-state index contributed by atoms with van der Waals surface area (Å²) in [6, 6.07) is 6.67. The Morgan fingerprint density at radius 2 is 2.00 bits per heavy atom. The maximum atomic E-state index is 12.1. The number of hydrogen-bond acceptors (Lipinski definition) is 3. The first-order chi connectivity index (χ1) is 13.4. The maximum absolute atomic E-state index is 12.1. The minimum atomic E-state index is 0. The fourth-order valence-electron chi connectivity index (χ4n) is 3.44. The highest BCUT2D eigenvalue weighted by Gasteiger charge is 2.24. The summed E-state index contributed by atoms with van der Waals surface area (Å²) in [7, 11) is 1.71. The number of piperidine rings is 1. The molecule has 7 heteroatoms. The maximum Gasteiger partial charge on any atom is 0.225 e. The summed E-state index contributed by atoms with van der Waals surface area (Å²) in [5, 5.41) is 6.87. The average Bonchev–Trinajstić information content (AvgIpc) is 2.69. The number of nitrogens with one attached hydrogen (secondary N) is 2. The minimum absolute atomic E-state index is 0. The molecule has 1 aliphatic rings. The number of ether oxygens (including phenoxy) is 1. The molecule has 1 fully saturated rings. The van der Waals surface area contributed by atoms with Crippen LogP contribution < -0.4 is 15.4 Å². The van der Waals surface area contributed by atoms with Crippen LogP contribution in [0.4, 0.5) is 0 Å². The highest BCUT2D eigenvalue weighted by atomic mass is 127. The van der Waals surface area contributed by atoms with E-state index in [1.54, 1.807) is 7.11 Å². The number of aryl methyl sites for hydroxylation is 1. The van der Waals surface area contributed by atoms with E-state index in [0.29, 0.717) is 12.6 Å². The van der Waals surface area contributed by atoms with E-state index in [0.717, 1.165) is 56.2 Å².